The van der Waals surface area contributed by atoms with Gasteiger partial charge in [0.25, 0.3) is 0 Å². The molecular formula is C9H13NO5. The van der Waals surface area contributed by atoms with Crippen molar-refractivity contribution in [3.05, 3.63) is 12.0 Å². The molecule has 2 N–H and O–H groups in total. The quantitative estimate of drug-likeness (QED) is 0.659. The fraction of sp³-hybridized carbons (Fsp3) is 0.667. The molecule has 84 valence electrons. The predicted octanol–water partition coefficient (Wildman–Crippen LogP) is 0.334. The van der Waals surface area contributed by atoms with Crippen LogP contribution in [0.3, 0.4) is 0 Å². The Morgan fingerprint density at radius 3 is 2.87 bits per heavy atom. The lowest BCUT2D eigenvalue weighted by Gasteiger charge is -2.24. The van der Waals surface area contributed by atoms with Gasteiger partial charge in [0, 0.05) is 13.8 Å². The summed E-state index contributed by atoms with van der Waals surface area (Å²) in [5.74, 6) is -0.296. The predicted molar refractivity (Wildman–Crippen MR) is 48.9 cm³/mol. The summed E-state index contributed by atoms with van der Waals surface area (Å²) in [5.41, 5.74) is 0. The number of amides is 1. The molecule has 0 saturated carbocycles. The maximum atomic E-state index is 10.8. The van der Waals surface area contributed by atoms with Gasteiger partial charge in [0.15, 0.2) is 0 Å². The topological polar surface area (TPSA) is 79.2 Å². The van der Waals surface area contributed by atoms with Crippen LogP contribution in [0.2, 0.25) is 0 Å². The van der Waals surface area contributed by atoms with Crippen LogP contribution >= 0.6 is 0 Å². The number of ether oxygens (including phenoxy) is 2. The van der Waals surface area contributed by atoms with E-state index < -0.39 is 24.0 Å². The summed E-state index contributed by atoms with van der Waals surface area (Å²) in [7, 11) is 0. The highest BCUT2D eigenvalue weighted by Gasteiger charge is 2.49. The number of rotatable bonds is 1. The number of nitrogens with zero attached hydrogens (tertiary/aromatic N) is 1. The zero-order valence-corrected chi connectivity index (χ0v) is 8.51. The van der Waals surface area contributed by atoms with Crippen LogP contribution in [0, 0.1) is 0 Å². The van der Waals surface area contributed by atoms with Crippen molar-refractivity contribution in [3.63, 3.8) is 0 Å². The Hall–Kier alpha value is -1.27. The molecular weight excluding hydrogens is 202 g/mol. The van der Waals surface area contributed by atoms with Crippen molar-refractivity contribution in [1.29, 1.82) is 0 Å². The van der Waals surface area contributed by atoms with Crippen molar-refractivity contribution in [1.82, 2.24) is 4.90 Å². The molecule has 2 aliphatic rings. The minimum atomic E-state index is -1.12. The molecule has 0 aromatic rings. The highest BCUT2D eigenvalue weighted by Crippen LogP contribution is 2.38. The van der Waals surface area contributed by atoms with E-state index in [2.05, 4.69) is 0 Å². The van der Waals surface area contributed by atoms with Crippen molar-refractivity contribution in [2.45, 2.75) is 31.8 Å². The summed E-state index contributed by atoms with van der Waals surface area (Å²) in [6, 6.07) is -0.612. The summed E-state index contributed by atoms with van der Waals surface area (Å²) >= 11 is 0. The molecule has 0 bridgehead atoms. The third-order valence-corrected chi connectivity index (χ3v) is 2.44. The SMILES string of the molecule is CC1(C)OC2=CN(C(=O)O)C(CO)C2O1. The molecule has 2 rings (SSSR count). The standard InChI is InChI=1S/C9H13NO5/c1-9(2)14-6-3-10(8(12)13)5(4-11)7(6)15-9/h3,5,7,11H,4H2,1-2H3,(H,12,13). The molecule has 2 aliphatic heterocycles. The second-order valence-electron chi connectivity index (χ2n) is 4.01. The Bertz CT molecular complexity index is 324. The second-order valence-corrected chi connectivity index (χ2v) is 4.01. The average Bonchev–Trinajstić information content (AvgIpc) is 2.55. The summed E-state index contributed by atoms with van der Waals surface area (Å²) in [5, 5.41) is 18.0. The van der Waals surface area contributed by atoms with Gasteiger partial charge >= 0.3 is 6.09 Å². The third kappa shape index (κ3) is 1.55. The minimum Gasteiger partial charge on any atom is -0.465 e. The van der Waals surface area contributed by atoms with Gasteiger partial charge in [0.2, 0.25) is 5.79 Å². The summed E-state index contributed by atoms with van der Waals surface area (Å²) in [6.45, 7) is 3.19. The van der Waals surface area contributed by atoms with Crippen molar-refractivity contribution >= 4 is 6.09 Å². The first-order valence-corrected chi connectivity index (χ1v) is 4.65. The lowest BCUT2D eigenvalue weighted by molar-refractivity contribution is -0.145. The summed E-state index contributed by atoms with van der Waals surface area (Å²) in [4.78, 5) is 11.8. The molecule has 0 aliphatic carbocycles. The van der Waals surface area contributed by atoms with Crippen LogP contribution in [0.4, 0.5) is 4.79 Å². The van der Waals surface area contributed by atoms with Gasteiger partial charge in [-0.1, -0.05) is 0 Å². The van der Waals surface area contributed by atoms with Crippen LogP contribution in [-0.4, -0.2) is 45.7 Å². The van der Waals surface area contributed by atoms with Gasteiger partial charge in [-0.05, 0) is 0 Å². The molecule has 2 unspecified atom stereocenters. The van der Waals surface area contributed by atoms with Crippen LogP contribution in [0.15, 0.2) is 12.0 Å². The Labute approximate surface area is 86.7 Å². The Morgan fingerprint density at radius 2 is 2.33 bits per heavy atom. The van der Waals surface area contributed by atoms with Gasteiger partial charge in [-0.15, -0.1) is 0 Å². The molecule has 15 heavy (non-hydrogen) atoms. The van der Waals surface area contributed by atoms with E-state index in [1.54, 1.807) is 13.8 Å². The number of hydrogen-bond acceptors (Lipinski definition) is 4. The number of hydrogen-bond donors (Lipinski definition) is 2. The zero-order chi connectivity index (χ0) is 11.2. The molecule has 0 spiro atoms. The van der Waals surface area contributed by atoms with Crippen LogP contribution in [0.1, 0.15) is 13.8 Å². The molecule has 0 radical (unpaired) electrons. The lowest BCUT2D eigenvalue weighted by Crippen LogP contribution is -2.42. The molecule has 6 heteroatoms. The van der Waals surface area contributed by atoms with Gasteiger partial charge in [0.05, 0.1) is 18.8 Å². The van der Waals surface area contributed by atoms with E-state index in [0.29, 0.717) is 5.76 Å². The van der Waals surface area contributed by atoms with Crippen molar-refractivity contribution in [3.8, 4) is 0 Å². The van der Waals surface area contributed by atoms with Crippen LogP contribution in [-0.2, 0) is 9.47 Å². The number of fused-ring (bicyclic) bond motifs is 1. The molecule has 1 fully saturated rings. The first-order valence-electron chi connectivity index (χ1n) is 4.65. The van der Waals surface area contributed by atoms with Crippen molar-refractivity contribution in [2.24, 2.45) is 0 Å². The largest absolute Gasteiger partial charge is 0.465 e. The first kappa shape index (κ1) is 10.3. The normalized spacial score (nSPS) is 32.2. The molecule has 0 aromatic carbocycles. The van der Waals surface area contributed by atoms with Crippen molar-refractivity contribution in [2.75, 3.05) is 6.61 Å². The average molecular weight is 215 g/mol. The van der Waals surface area contributed by atoms with E-state index in [1.165, 1.54) is 6.20 Å². The second kappa shape index (κ2) is 3.11. The highest BCUT2D eigenvalue weighted by molar-refractivity contribution is 5.68. The van der Waals surface area contributed by atoms with Crippen LogP contribution in [0.5, 0.6) is 0 Å². The van der Waals surface area contributed by atoms with E-state index in [-0.39, 0.29) is 6.61 Å². The van der Waals surface area contributed by atoms with Crippen molar-refractivity contribution < 1.29 is 24.5 Å². The van der Waals surface area contributed by atoms with E-state index >= 15 is 0 Å². The van der Waals surface area contributed by atoms with Crippen LogP contribution in [0.25, 0.3) is 0 Å². The molecule has 6 nitrogen and oxygen atoms in total. The van der Waals surface area contributed by atoms with Crippen LogP contribution < -0.4 is 0 Å². The molecule has 0 aromatic heterocycles. The lowest BCUT2D eigenvalue weighted by atomic mass is 10.2. The Kier molecular flexibility index (Phi) is 2.13. The van der Waals surface area contributed by atoms with Gasteiger partial charge in [-0.3, -0.25) is 4.90 Å². The minimum absolute atomic E-state index is 0.295. The van der Waals surface area contributed by atoms with Gasteiger partial charge in [0.1, 0.15) is 11.9 Å². The fourth-order valence-electron chi connectivity index (χ4n) is 1.86. The maximum Gasteiger partial charge on any atom is 0.411 e. The molecule has 1 saturated heterocycles. The Balaban J connectivity index is 2.25. The number of carboxylic acid groups (broad SMARTS) is 1. The number of aliphatic hydroxyl groups is 1. The van der Waals surface area contributed by atoms with E-state index in [4.69, 9.17) is 19.7 Å². The van der Waals surface area contributed by atoms with E-state index in [9.17, 15) is 4.79 Å². The number of aliphatic hydroxyl groups excluding tert-OH is 1. The van der Waals surface area contributed by atoms with Gasteiger partial charge in [-0.2, -0.15) is 0 Å². The Morgan fingerprint density at radius 1 is 1.67 bits per heavy atom. The zero-order valence-electron chi connectivity index (χ0n) is 8.51. The summed E-state index contributed by atoms with van der Waals surface area (Å²) in [6.07, 6.45) is -0.259. The summed E-state index contributed by atoms with van der Waals surface area (Å²) < 4.78 is 10.9. The molecule has 1 amide bonds. The number of carbonyl (C=O) groups is 1. The first-order chi connectivity index (χ1) is 6.94. The van der Waals surface area contributed by atoms with Gasteiger partial charge in [-0.25, -0.2) is 4.79 Å². The van der Waals surface area contributed by atoms with E-state index in [1.807, 2.05) is 0 Å². The molecule has 2 heterocycles. The third-order valence-electron chi connectivity index (χ3n) is 2.44. The van der Waals surface area contributed by atoms with E-state index in [0.717, 1.165) is 4.90 Å². The van der Waals surface area contributed by atoms with Gasteiger partial charge < -0.3 is 19.7 Å². The maximum absolute atomic E-state index is 10.8. The fourth-order valence-corrected chi connectivity index (χ4v) is 1.86. The molecule has 2 atom stereocenters. The highest BCUT2D eigenvalue weighted by atomic mass is 16.7. The smallest absolute Gasteiger partial charge is 0.411 e. The monoisotopic (exact) mass is 215 g/mol.